The van der Waals surface area contributed by atoms with Crippen LogP contribution in [0.2, 0.25) is 5.02 Å². The van der Waals surface area contributed by atoms with Gasteiger partial charge in [-0.15, -0.1) is 0 Å². The lowest BCUT2D eigenvalue weighted by molar-refractivity contribution is -0.143. The zero-order chi connectivity index (χ0) is 15.8. The second kappa shape index (κ2) is 8.56. The van der Waals surface area contributed by atoms with E-state index in [2.05, 4.69) is 5.32 Å². The molecule has 0 bridgehead atoms. The summed E-state index contributed by atoms with van der Waals surface area (Å²) in [5.74, 6) is -0.929. The molecule has 1 aromatic rings. The van der Waals surface area contributed by atoms with Crippen molar-refractivity contribution < 1.29 is 19.1 Å². The molecule has 2 rings (SSSR count). The Balaban J connectivity index is 1.68. The molecule has 1 saturated heterocycles. The molecule has 1 atom stereocenters. The maximum absolute atomic E-state index is 11.5. The van der Waals surface area contributed by atoms with Crippen molar-refractivity contribution in [2.45, 2.75) is 18.9 Å². The van der Waals surface area contributed by atoms with Gasteiger partial charge in [-0.3, -0.25) is 4.79 Å². The molecule has 0 aromatic heterocycles. The van der Waals surface area contributed by atoms with Crippen LogP contribution in [0, 0.1) is 0 Å². The molecule has 0 spiro atoms. The number of esters is 1. The van der Waals surface area contributed by atoms with Crippen molar-refractivity contribution in [2.24, 2.45) is 0 Å². The van der Waals surface area contributed by atoms with Gasteiger partial charge in [-0.05, 0) is 30.5 Å². The monoisotopic (exact) mass is 323 g/mol. The van der Waals surface area contributed by atoms with Gasteiger partial charge < -0.3 is 14.8 Å². The first kappa shape index (κ1) is 16.5. The minimum atomic E-state index is -0.591. The van der Waals surface area contributed by atoms with E-state index in [1.165, 1.54) is 6.08 Å². The average molecular weight is 324 g/mol. The smallest absolute Gasteiger partial charge is 0.331 e. The SMILES string of the molecule is O=C(COC(=O)/C=C/c1ccccc1Cl)NC[C@@H]1CCCO1. The Morgan fingerprint density at radius 1 is 1.41 bits per heavy atom. The van der Waals surface area contributed by atoms with Crippen LogP contribution in [-0.2, 0) is 19.1 Å². The Morgan fingerprint density at radius 2 is 2.23 bits per heavy atom. The summed E-state index contributed by atoms with van der Waals surface area (Å²) in [7, 11) is 0. The van der Waals surface area contributed by atoms with E-state index >= 15 is 0 Å². The summed E-state index contributed by atoms with van der Waals surface area (Å²) >= 11 is 5.96. The molecular weight excluding hydrogens is 306 g/mol. The van der Waals surface area contributed by atoms with Crippen molar-refractivity contribution >= 4 is 29.6 Å². The quantitative estimate of drug-likeness (QED) is 0.644. The first-order valence-corrected chi connectivity index (χ1v) is 7.50. The summed E-state index contributed by atoms with van der Waals surface area (Å²) < 4.78 is 10.2. The molecule has 1 heterocycles. The van der Waals surface area contributed by atoms with E-state index < -0.39 is 5.97 Å². The second-order valence-electron chi connectivity index (χ2n) is 4.90. The Bertz CT molecular complexity index is 553. The van der Waals surface area contributed by atoms with E-state index in [4.69, 9.17) is 21.1 Å². The molecular formula is C16H18ClNO4. The lowest BCUT2D eigenvalue weighted by Crippen LogP contribution is -2.34. The molecule has 1 N–H and O–H groups in total. The number of hydrogen-bond donors (Lipinski definition) is 1. The van der Waals surface area contributed by atoms with Crippen LogP contribution in [-0.4, -0.2) is 37.7 Å². The van der Waals surface area contributed by atoms with Crippen LogP contribution in [0.1, 0.15) is 18.4 Å². The summed E-state index contributed by atoms with van der Waals surface area (Å²) in [5, 5.41) is 3.22. The first-order valence-electron chi connectivity index (χ1n) is 7.13. The molecule has 1 aliphatic rings. The standard InChI is InChI=1S/C16H18ClNO4/c17-14-6-2-1-4-12(14)7-8-16(20)22-11-15(19)18-10-13-5-3-9-21-13/h1-2,4,6-8,13H,3,5,9-11H2,(H,18,19)/b8-7+/t13-/m0/s1. The van der Waals surface area contributed by atoms with Crippen LogP contribution in [0.15, 0.2) is 30.3 Å². The fraction of sp³-hybridized carbons (Fsp3) is 0.375. The molecule has 0 unspecified atom stereocenters. The van der Waals surface area contributed by atoms with E-state index in [1.807, 2.05) is 6.07 Å². The molecule has 0 aliphatic carbocycles. The zero-order valence-electron chi connectivity index (χ0n) is 12.1. The topological polar surface area (TPSA) is 64.6 Å². The van der Waals surface area contributed by atoms with Crippen molar-refractivity contribution in [3.63, 3.8) is 0 Å². The lowest BCUT2D eigenvalue weighted by Gasteiger charge is -2.10. The molecule has 22 heavy (non-hydrogen) atoms. The van der Waals surface area contributed by atoms with E-state index in [-0.39, 0.29) is 18.6 Å². The molecule has 5 nitrogen and oxygen atoms in total. The number of carbonyl (C=O) groups excluding carboxylic acids is 2. The van der Waals surface area contributed by atoms with Gasteiger partial charge in [0.2, 0.25) is 0 Å². The van der Waals surface area contributed by atoms with Gasteiger partial charge in [0.15, 0.2) is 6.61 Å². The number of nitrogens with one attached hydrogen (secondary N) is 1. The van der Waals surface area contributed by atoms with Crippen LogP contribution >= 0.6 is 11.6 Å². The summed E-state index contributed by atoms with van der Waals surface area (Å²) in [6, 6.07) is 7.12. The third-order valence-corrected chi connectivity index (χ3v) is 3.54. The molecule has 6 heteroatoms. The highest BCUT2D eigenvalue weighted by atomic mass is 35.5. The largest absolute Gasteiger partial charge is 0.452 e. The Morgan fingerprint density at radius 3 is 2.95 bits per heavy atom. The Kier molecular flexibility index (Phi) is 6.43. The van der Waals surface area contributed by atoms with Crippen molar-refractivity contribution in [1.82, 2.24) is 5.32 Å². The zero-order valence-corrected chi connectivity index (χ0v) is 12.8. The number of benzene rings is 1. The van der Waals surface area contributed by atoms with Gasteiger partial charge in [0.1, 0.15) is 0 Å². The van der Waals surface area contributed by atoms with E-state index in [1.54, 1.807) is 24.3 Å². The van der Waals surface area contributed by atoms with Crippen molar-refractivity contribution in [3.8, 4) is 0 Å². The van der Waals surface area contributed by atoms with Crippen LogP contribution in [0.4, 0.5) is 0 Å². The highest BCUT2D eigenvalue weighted by Gasteiger charge is 2.16. The molecule has 1 aliphatic heterocycles. The third-order valence-electron chi connectivity index (χ3n) is 3.20. The summed E-state index contributed by atoms with van der Waals surface area (Å²) in [4.78, 5) is 23.1. The van der Waals surface area contributed by atoms with Gasteiger partial charge >= 0.3 is 5.97 Å². The maximum Gasteiger partial charge on any atom is 0.331 e. The minimum absolute atomic E-state index is 0.0692. The van der Waals surface area contributed by atoms with Crippen LogP contribution in [0.3, 0.4) is 0 Å². The molecule has 1 fully saturated rings. The van der Waals surface area contributed by atoms with Crippen LogP contribution < -0.4 is 5.32 Å². The third kappa shape index (κ3) is 5.50. The van der Waals surface area contributed by atoms with Crippen molar-refractivity contribution in [1.29, 1.82) is 0 Å². The van der Waals surface area contributed by atoms with Gasteiger partial charge in [0, 0.05) is 24.3 Å². The highest BCUT2D eigenvalue weighted by molar-refractivity contribution is 6.32. The number of amides is 1. The lowest BCUT2D eigenvalue weighted by atomic mass is 10.2. The van der Waals surface area contributed by atoms with Crippen molar-refractivity contribution in [3.05, 3.63) is 40.9 Å². The Labute approximate surface area is 134 Å². The van der Waals surface area contributed by atoms with E-state index in [0.717, 1.165) is 19.4 Å². The van der Waals surface area contributed by atoms with Crippen molar-refractivity contribution in [2.75, 3.05) is 19.8 Å². The number of halogens is 1. The number of hydrogen-bond acceptors (Lipinski definition) is 4. The molecule has 1 aromatic carbocycles. The molecule has 118 valence electrons. The highest BCUT2D eigenvalue weighted by Crippen LogP contribution is 2.16. The normalized spacial score (nSPS) is 17.6. The predicted molar refractivity (Wildman–Crippen MR) is 83.4 cm³/mol. The summed E-state index contributed by atoms with van der Waals surface area (Å²) in [5.41, 5.74) is 0.712. The summed E-state index contributed by atoms with van der Waals surface area (Å²) in [6.45, 7) is 0.882. The van der Waals surface area contributed by atoms with Gasteiger partial charge in [-0.2, -0.15) is 0 Å². The average Bonchev–Trinajstić information content (AvgIpc) is 3.03. The maximum atomic E-state index is 11.5. The van der Waals surface area contributed by atoms with E-state index in [9.17, 15) is 9.59 Å². The van der Waals surface area contributed by atoms with Gasteiger partial charge in [-0.1, -0.05) is 29.8 Å². The molecule has 1 amide bonds. The number of rotatable bonds is 6. The van der Waals surface area contributed by atoms with Crippen LogP contribution in [0.25, 0.3) is 6.08 Å². The number of carbonyl (C=O) groups is 2. The molecule has 0 saturated carbocycles. The molecule has 0 radical (unpaired) electrons. The van der Waals surface area contributed by atoms with Gasteiger partial charge in [0.25, 0.3) is 5.91 Å². The second-order valence-corrected chi connectivity index (χ2v) is 5.31. The first-order chi connectivity index (χ1) is 10.6. The van der Waals surface area contributed by atoms with Crippen LogP contribution in [0.5, 0.6) is 0 Å². The van der Waals surface area contributed by atoms with Gasteiger partial charge in [-0.25, -0.2) is 4.79 Å². The number of ether oxygens (including phenoxy) is 2. The van der Waals surface area contributed by atoms with Gasteiger partial charge in [0.05, 0.1) is 6.10 Å². The van der Waals surface area contributed by atoms with E-state index in [0.29, 0.717) is 17.1 Å². The predicted octanol–water partition coefficient (Wildman–Crippen LogP) is 2.19. The minimum Gasteiger partial charge on any atom is -0.452 e. The summed E-state index contributed by atoms with van der Waals surface area (Å²) in [6.07, 6.45) is 4.83. The fourth-order valence-electron chi connectivity index (χ4n) is 2.04. The fourth-order valence-corrected chi connectivity index (χ4v) is 2.24. The Hall–Kier alpha value is -1.85.